The number of aryl methyl sites for hydroxylation is 1. The fourth-order valence-electron chi connectivity index (χ4n) is 2.67. The van der Waals surface area contributed by atoms with Crippen LogP contribution in [0.5, 0.6) is 0 Å². The summed E-state index contributed by atoms with van der Waals surface area (Å²) in [6.07, 6.45) is 5.99. The number of carbonyl (C=O) groups excluding carboxylic acids is 1. The first-order valence-corrected chi connectivity index (χ1v) is 8.97. The van der Waals surface area contributed by atoms with Crippen LogP contribution in [0, 0.1) is 6.92 Å². The summed E-state index contributed by atoms with van der Waals surface area (Å²) in [5.74, 6) is 0.366. The number of hydrogen-bond acceptors (Lipinski definition) is 3. The molecular weight excluding hydrogens is 284 g/mol. The Morgan fingerprint density at radius 1 is 1.33 bits per heavy atom. The van der Waals surface area contributed by atoms with Crippen molar-refractivity contribution in [2.75, 3.05) is 16.8 Å². The molecule has 1 unspecified atom stereocenters. The van der Waals surface area contributed by atoms with E-state index < -0.39 is 10.8 Å². The van der Waals surface area contributed by atoms with Crippen LogP contribution >= 0.6 is 0 Å². The zero-order valence-electron chi connectivity index (χ0n) is 12.6. The molecule has 1 aliphatic rings. The van der Waals surface area contributed by atoms with E-state index in [2.05, 4.69) is 5.32 Å². The number of benzene rings is 1. The van der Waals surface area contributed by atoms with Gasteiger partial charge in [0.1, 0.15) is 0 Å². The second kappa shape index (κ2) is 7.59. The van der Waals surface area contributed by atoms with Crippen LogP contribution < -0.4 is 11.1 Å². The van der Waals surface area contributed by atoms with Crippen molar-refractivity contribution in [1.82, 2.24) is 0 Å². The van der Waals surface area contributed by atoms with Crippen molar-refractivity contribution in [2.24, 2.45) is 0 Å². The molecule has 4 nitrogen and oxygen atoms in total. The number of carbonyl (C=O) groups is 1. The number of nitrogens with one attached hydrogen (secondary N) is 1. The molecule has 116 valence electrons. The summed E-state index contributed by atoms with van der Waals surface area (Å²) in [4.78, 5) is 12.0. The van der Waals surface area contributed by atoms with E-state index >= 15 is 0 Å². The Morgan fingerprint density at radius 3 is 2.76 bits per heavy atom. The van der Waals surface area contributed by atoms with Gasteiger partial charge in [0.15, 0.2) is 0 Å². The first kappa shape index (κ1) is 16.0. The Balaban J connectivity index is 1.81. The lowest BCUT2D eigenvalue weighted by Gasteiger charge is -2.20. The van der Waals surface area contributed by atoms with E-state index in [0.717, 1.165) is 24.1 Å². The first-order valence-electron chi connectivity index (χ1n) is 7.59. The van der Waals surface area contributed by atoms with E-state index in [9.17, 15) is 9.00 Å². The molecule has 0 heterocycles. The molecule has 0 bridgehead atoms. The predicted molar refractivity (Wildman–Crippen MR) is 88.7 cm³/mol. The Labute approximate surface area is 129 Å². The minimum atomic E-state index is -0.880. The molecule has 1 amide bonds. The van der Waals surface area contributed by atoms with E-state index in [1.165, 1.54) is 19.3 Å². The maximum Gasteiger partial charge on any atom is 0.225 e. The molecule has 21 heavy (non-hydrogen) atoms. The third-order valence-corrected chi connectivity index (χ3v) is 5.81. The number of nitrogen functional groups attached to an aromatic ring is 1. The van der Waals surface area contributed by atoms with Crippen LogP contribution in [0.3, 0.4) is 0 Å². The molecule has 3 N–H and O–H groups in total. The normalized spacial score (nSPS) is 17.4. The standard InChI is InChI=1S/C16H24N2O2S/c1-12-7-8-13(17)11-15(12)18-16(19)9-10-21(20)14-5-3-2-4-6-14/h7-8,11,14H,2-6,9-10,17H2,1H3,(H,18,19). The molecule has 2 rings (SSSR count). The van der Waals surface area contributed by atoms with Gasteiger partial charge in [-0.15, -0.1) is 0 Å². The Kier molecular flexibility index (Phi) is 5.79. The molecule has 5 heteroatoms. The van der Waals surface area contributed by atoms with Gasteiger partial charge in [0, 0.05) is 39.6 Å². The fraction of sp³-hybridized carbons (Fsp3) is 0.562. The highest BCUT2D eigenvalue weighted by atomic mass is 32.2. The highest BCUT2D eigenvalue weighted by Gasteiger charge is 2.20. The number of anilines is 2. The lowest BCUT2D eigenvalue weighted by atomic mass is 10.0. The molecule has 0 aromatic heterocycles. The number of nitrogens with two attached hydrogens (primary N) is 1. The Morgan fingerprint density at radius 2 is 2.05 bits per heavy atom. The second-order valence-electron chi connectivity index (χ2n) is 5.72. The van der Waals surface area contributed by atoms with Crippen LogP contribution in [0.25, 0.3) is 0 Å². The minimum Gasteiger partial charge on any atom is -0.399 e. The van der Waals surface area contributed by atoms with Gasteiger partial charge < -0.3 is 11.1 Å². The maximum atomic E-state index is 12.2. The molecule has 0 spiro atoms. The average Bonchev–Trinajstić information content (AvgIpc) is 2.49. The SMILES string of the molecule is Cc1ccc(N)cc1NC(=O)CCS(=O)C1CCCCC1. The van der Waals surface area contributed by atoms with Crippen LogP contribution in [-0.4, -0.2) is 21.1 Å². The van der Waals surface area contributed by atoms with E-state index in [0.29, 0.717) is 23.1 Å². The Hall–Kier alpha value is -1.36. The Bertz CT molecular complexity index is 525. The van der Waals surface area contributed by atoms with Crippen molar-refractivity contribution in [3.63, 3.8) is 0 Å². The van der Waals surface area contributed by atoms with Gasteiger partial charge >= 0.3 is 0 Å². The number of amides is 1. The van der Waals surface area contributed by atoms with Crippen LogP contribution in [0.4, 0.5) is 11.4 Å². The van der Waals surface area contributed by atoms with Gasteiger partial charge in [-0.05, 0) is 37.5 Å². The van der Waals surface area contributed by atoms with E-state index in [4.69, 9.17) is 5.73 Å². The van der Waals surface area contributed by atoms with E-state index in [1.54, 1.807) is 6.07 Å². The smallest absolute Gasteiger partial charge is 0.225 e. The molecule has 1 fully saturated rings. The van der Waals surface area contributed by atoms with Crippen molar-refractivity contribution >= 4 is 28.1 Å². The topological polar surface area (TPSA) is 72.2 Å². The fourth-order valence-corrected chi connectivity index (χ4v) is 4.25. The van der Waals surface area contributed by atoms with Crippen molar-refractivity contribution in [3.05, 3.63) is 23.8 Å². The summed E-state index contributed by atoms with van der Waals surface area (Å²) in [6, 6.07) is 5.44. The third kappa shape index (κ3) is 4.84. The van der Waals surface area contributed by atoms with Gasteiger partial charge in [-0.1, -0.05) is 25.3 Å². The van der Waals surface area contributed by atoms with Gasteiger partial charge in [-0.2, -0.15) is 0 Å². The van der Waals surface area contributed by atoms with E-state index in [-0.39, 0.29) is 5.91 Å². The first-order chi connectivity index (χ1) is 10.1. The van der Waals surface area contributed by atoms with Gasteiger partial charge in [0.05, 0.1) is 0 Å². The molecule has 1 aromatic carbocycles. The quantitative estimate of drug-likeness (QED) is 0.821. The molecule has 0 aliphatic heterocycles. The molecule has 1 aromatic rings. The summed E-state index contributed by atoms with van der Waals surface area (Å²) >= 11 is 0. The molecule has 1 saturated carbocycles. The van der Waals surface area contributed by atoms with Crippen molar-refractivity contribution < 1.29 is 9.00 Å². The summed E-state index contributed by atoms with van der Waals surface area (Å²) in [5, 5.41) is 3.15. The zero-order valence-corrected chi connectivity index (χ0v) is 13.4. The largest absolute Gasteiger partial charge is 0.399 e. The van der Waals surface area contributed by atoms with Crippen molar-refractivity contribution in [3.8, 4) is 0 Å². The molecule has 0 radical (unpaired) electrons. The second-order valence-corrected chi connectivity index (χ2v) is 7.55. The molecular formula is C16H24N2O2S. The molecule has 1 aliphatic carbocycles. The lowest BCUT2D eigenvalue weighted by molar-refractivity contribution is -0.115. The van der Waals surface area contributed by atoms with Gasteiger partial charge in [0.2, 0.25) is 5.91 Å². The van der Waals surface area contributed by atoms with Crippen LogP contribution in [0.15, 0.2) is 18.2 Å². The third-order valence-electron chi connectivity index (χ3n) is 3.99. The summed E-state index contributed by atoms with van der Waals surface area (Å²) < 4.78 is 12.2. The summed E-state index contributed by atoms with van der Waals surface area (Å²) in [6.45, 7) is 1.93. The van der Waals surface area contributed by atoms with Crippen LogP contribution in [0.1, 0.15) is 44.1 Å². The summed E-state index contributed by atoms with van der Waals surface area (Å²) in [7, 11) is -0.880. The minimum absolute atomic E-state index is 0.0899. The van der Waals surface area contributed by atoms with Crippen LogP contribution in [-0.2, 0) is 15.6 Å². The predicted octanol–water partition coefficient (Wildman–Crippen LogP) is 2.99. The number of rotatable bonds is 5. The number of hydrogen-bond donors (Lipinski definition) is 2. The van der Waals surface area contributed by atoms with Crippen molar-refractivity contribution in [2.45, 2.75) is 50.7 Å². The lowest BCUT2D eigenvalue weighted by Crippen LogP contribution is -2.23. The highest BCUT2D eigenvalue weighted by Crippen LogP contribution is 2.23. The summed E-state index contributed by atoms with van der Waals surface area (Å²) in [5.41, 5.74) is 8.07. The highest BCUT2D eigenvalue weighted by molar-refractivity contribution is 7.85. The van der Waals surface area contributed by atoms with Gasteiger partial charge in [-0.25, -0.2) is 0 Å². The zero-order chi connectivity index (χ0) is 15.2. The maximum absolute atomic E-state index is 12.2. The van der Waals surface area contributed by atoms with E-state index in [1.807, 2.05) is 19.1 Å². The monoisotopic (exact) mass is 308 g/mol. The average molecular weight is 308 g/mol. The van der Waals surface area contributed by atoms with Crippen molar-refractivity contribution in [1.29, 1.82) is 0 Å². The van der Waals surface area contributed by atoms with Gasteiger partial charge in [0.25, 0.3) is 0 Å². The van der Waals surface area contributed by atoms with Gasteiger partial charge in [-0.3, -0.25) is 9.00 Å². The molecule has 0 saturated heterocycles. The van der Waals surface area contributed by atoms with Crippen LogP contribution in [0.2, 0.25) is 0 Å². The molecule has 1 atom stereocenters.